The Morgan fingerprint density at radius 1 is 1.35 bits per heavy atom. The van der Waals surface area contributed by atoms with Crippen molar-refractivity contribution >= 4 is 33.5 Å². The molecule has 20 heavy (non-hydrogen) atoms. The number of hydrogen-bond acceptors (Lipinski definition) is 5. The molecule has 0 aliphatic rings. The number of sulfonamides is 1. The number of benzene rings is 1. The van der Waals surface area contributed by atoms with Crippen LogP contribution in [0.2, 0.25) is 5.02 Å². The van der Waals surface area contributed by atoms with Gasteiger partial charge in [-0.2, -0.15) is 10.5 Å². The summed E-state index contributed by atoms with van der Waals surface area (Å²) in [6.07, 6.45) is 1.15. The standard InChI is InChI=1S/C12H11ClN4O2S/c1-17(2)20(18,19)12-5-10(3-4-11(12)13)16-8-9(6-14)7-15/h3-5,8-9H,1-2H3. The van der Waals surface area contributed by atoms with Gasteiger partial charge in [-0.3, -0.25) is 4.99 Å². The van der Waals surface area contributed by atoms with Gasteiger partial charge >= 0.3 is 0 Å². The largest absolute Gasteiger partial charge is 0.259 e. The Bertz CT molecular complexity index is 700. The molecule has 0 heterocycles. The first-order valence-corrected chi connectivity index (χ1v) is 7.20. The van der Waals surface area contributed by atoms with E-state index in [-0.39, 0.29) is 9.92 Å². The fourth-order valence-corrected chi connectivity index (χ4v) is 2.61. The molecule has 0 unspecified atom stereocenters. The first-order valence-electron chi connectivity index (χ1n) is 5.38. The number of rotatable bonds is 4. The van der Waals surface area contributed by atoms with Crippen molar-refractivity contribution in [1.29, 1.82) is 10.5 Å². The summed E-state index contributed by atoms with van der Waals surface area (Å²) >= 11 is 5.88. The molecular formula is C12H11ClN4O2S. The van der Waals surface area contributed by atoms with E-state index in [1.165, 1.54) is 32.3 Å². The molecule has 0 aliphatic carbocycles. The SMILES string of the molecule is CN(C)S(=O)(=O)c1cc(N=CC(C#N)C#N)ccc1Cl. The molecule has 0 saturated carbocycles. The molecule has 0 aliphatic heterocycles. The van der Waals surface area contributed by atoms with Gasteiger partial charge in [0.1, 0.15) is 4.90 Å². The van der Waals surface area contributed by atoms with Crippen LogP contribution in [0.15, 0.2) is 28.1 Å². The van der Waals surface area contributed by atoms with Crippen molar-refractivity contribution in [2.75, 3.05) is 14.1 Å². The Kier molecular flexibility index (Phi) is 5.23. The monoisotopic (exact) mass is 310 g/mol. The summed E-state index contributed by atoms with van der Waals surface area (Å²) in [6, 6.07) is 7.66. The normalized spacial score (nSPS) is 11.8. The lowest BCUT2D eigenvalue weighted by atomic mass is 10.2. The summed E-state index contributed by atoms with van der Waals surface area (Å²) in [7, 11) is -0.899. The van der Waals surface area contributed by atoms with E-state index in [4.69, 9.17) is 22.1 Å². The van der Waals surface area contributed by atoms with Crippen LogP contribution in [0.1, 0.15) is 0 Å². The van der Waals surface area contributed by atoms with Gasteiger partial charge in [0.15, 0.2) is 5.92 Å². The minimum Gasteiger partial charge on any atom is -0.259 e. The molecule has 0 saturated heterocycles. The molecule has 0 radical (unpaired) electrons. The molecule has 1 aromatic rings. The molecule has 0 N–H and O–H groups in total. The summed E-state index contributed by atoms with van der Waals surface area (Å²) in [5, 5.41) is 17.3. The fraction of sp³-hybridized carbons (Fsp3) is 0.250. The molecule has 104 valence electrons. The molecule has 0 fully saturated rings. The van der Waals surface area contributed by atoms with E-state index in [2.05, 4.69) is 4.99 Å². The zero-order valence-electron chi connectivity index (χ0n) is 10.8. The van der Waals surface area contributed by atoms with Crippen molar-refractivity contribution in [3.05, 3.63) is 23.2 Å². The van der Waals surface area contributed by atoms with Gasteiger partial charge in [-0.25, -0.2) is 12.7 Å². The minimum absolute atomic E-state index is 0.0785. The third-order valence-electron chi connectivity index (χ3n) is 2.32. The van der Waals surface area contributed by atoms with Crippen LogP contribution >= 0.6 is 11.6 Å². The predicted molar refractivity (Wildman–Crippen MR) is 75.2 cm³/mol. The summed E-state index contributed by atoms with van der Waals surface area (Å²) in [4.78, 5) is 3.83. The van der Waals surface area contributed by atoms with Crippen molar-refractivity contribution in [2.24, 2.45) is 10.9 Å². The summed E-state index contributed by atoms with van der Waals surface area (Å²) in [5.41, 5.74) is 0.297. The van der Waals surface area contributed by atoms with E-state index in [0.29, 0.717) is 5.69 Å². The summed E-state index contributed by atoms with van der Waals surface area (Å²) in [6.45, 7) is 0. The van der Waals surface area contributed by atoms with E-state index in [9.17, 15) is 8.42 Å². The number of hydrogen-bond donors (Lipinski definition) is 0. The molecule has 0 amide bonds. The Labute approximate surface area is 122 Å². The molecule has 0 aromatic heterocycles. The zero-order valence-corrected chi connectivity index (χ0v) is 12.4. The minimum atomic E-state index is -3.68. The number of nitrogens with zero attached hydrogens (tertiary/aromatic N) is 4. The molecule has 1 rings (SSSR count). The maximum atomic E-state index is 12.0. The highest BCUT2D eigenvalue weighted by atomic mass is 35.5. The van der Waals surface area contributed by atoms with E-state index in [1.807, 2.05) is 0 Å². The Hall–Kier alpha value is -1.93. The van der Waals surface area contributed by atoms with E-state index in [0.717, 1.165) is 10.5 Å². The number of aliphatic imine (C=N–C) groups is 1. The number of halogens is 1. The lowest BCUT2D eigenvalue weighted by molar-refractivity contribution is 0.521. The highest BCUT2D eigenvalue weighted by Crippen LogP contribution is 2.28. The van der Waals surface area contributed by atoms with E-state index < -0.39 is 15.9 Å². The van der Waals surface area contributed by atoms with Gasteiger partial charge in [0.2, 0.25) is 10.0 Å². The first-order chi connectivity index (χ1) is 9.32. The second kappa shape index (κ2) is 6.49. The fourth-order valence-electron chi connectivity index (χ4n) is 1.22. The van der Waals surface area contributed by atoms with E-state index >= 15 is 0 Å². The first kappa shape index (κ1) is 16.1. The van der Waals surface area contributed by atoms with Crippen molar-refractivity contribution in [1.82, 2.24) is 4.31 Å². The highest BCUT2D eigenvalue weighted by Gasteiger charge is 2.21. The quantitative estimate of drug-likeness (QED) is 0.794. The van der Waals surface area contributed by atoms with Crippen LogP contribution in [0, 0.1) is 28.6 Å². The summed E-state index contributed by atoms with van der Waals surface area (Å²) in [5.74, 6) is -0.986. The maximum Gasteiger partial charge on any atom is 0.244 e. The van der Waals surface area contributed by atoms with Crippen molar-refractivity contribution in [3.8, 4) is 12.1 Å². The van der Waals surface area contributed by atoms with Gasteiger partial charge in [0.05, 0.1) is 22.8 Å². The Morgan fingerprint density at radius 2 is 1.95 bits per heavy atom. The van der Waals surface area contributed by atoms with Gasteiger partial charge in [-0.15, -0.1) is 0 Å². The highest BCUT2D eigenvalue weighted by molar-refractivity contribution is 7.89. The second-order valence-electron chi connectivity index (χ2n) is 3.92. The Balaban J connectivity index is 3.25. The van der Waals surface area contributed by atoms with Crippen LogP contribution in [0.4, 0.5) is 5.69 Å². The molecule has 0 spiro atoms. The van der Waals surface area contributed by atoms with Crippen LogP contribution in [0.3, 0.4) is 0 Å². The van der Waals surface area contributed by atoms with Crippen LogP contribution in [0.25, 0.3) is 0 Å². The average Bonchev–Trinajstić information content (AvgIpc) is 2.41. The molecule has 0 atom stereocenters. The van der Waals surface area contributed by atoms with E-state index in [1.54, 1.807) is 12.1 Å². The smallest absolute Gasteiger partial charge is 0.244 e. The Morgan fingerprint density at radius 3 is 2.45 bits per heavy atom. The third-order valence-corrected chi connectivity index (χ3v) is 4.62. The molecule has 1 aromatic carbocycles. The van der Waals surface area contributed by atoms with Crippen LogP contribution in [0.5, 0.6) is 0 Å². The van der Waals surface area contributed by atoms with Gasteiger partial charge < -0.3 is 0 Å². The van der Waals surface area contributed by atoms with Crippen molar-refractivity contribution in [3.63, 3.8) is 0 Å². The van der Waals surface area contributed by atoms with Gasteiger partial charge in [-0.05, 0) is 18.2 Å². The van der Waals surface area contributed by atoms with Gasteiger partial charge in [0, 0.05) is 20.3 Å². The summed E-state index contributed by atoms with van der Waals surface area (Å²) < 4.78 is 25.1. The van der Waals surface area contributed by atoms with Crippen LogP contribution in [-0.2, 0) is 10.0 Å². The maximum absolute atomic E-state index is 12.0. The van der Waals surface area contributed by atoms with Crippen molar-refractivity contribution in [2.45, 2.75) is 4.90 Å². The number of nitriles is 2. The molecule has 0 bridgehead atoms. The van der Waals surface area contributed by atoms with Crippen LogP contribution in [-0.4, -0.2) is 33.0 Å². The molecular weight excluding hydrogens is 300 g/mol. The molecule has 6 nitrogen and oxygen atoms in total. The zero-order chi connectivity index (χ0) is 15.3. The average molecular weight is 311 g/mol. The second-order valence-corrected chi connectivity index (χ2v) is 6.44. The van der Waals surface area contributed by atoms with Gasteiger partial charge in [0.25, 0.3) is 0 Å². The van der Waals surface area contributed by atoms with Crippen LogP contribution < -0.4 is 0 Å². The van der Waals surface area contributed by atoms with Gasteiger partial charge in [-0.1, -0.05) is 11.6 Å². The third kappa shape index (κ3) is 3.55. The van der Waals surface area contributed by atoms with Crippen molar-refractivity contribution < 1.29 is 8.42 Å². The lowest BCUT2D eigenvalue weighted by Crippen LogP contribution is -2.22. The lowest BCUT2D eigenvalue weighted by Gasteiger charge is -2.12. The topological polar surface area (TPSA) is 97.3 Å². The predicted octanol–water partition coefficient (Wildman–Crippen LogP) is 1.96. The molecule has 8 heteroatoms.